The lowest BCUT2D eigenvalue weighted by atomic mass is 10.4. The van der Waals surface area contributed by atoms with Crippen molar-refractivity contribution >= 4 is 29.5 Å². The zero-order valence-corrected chi connectivity index (χ0v) is 7.08. The van der Waals surface area contributed by atoms with Gasteiger partial charge in [0, 0.05) is 6.54 Å². The highest BCUT2D eigenvalue weighted by Gasteiger charge is 2.11. The Balaban J connectivity index is 3.93. The summed E-state index contributed by atoms with van der Waals surface area (Å²) in [6, 6.07) is 0. The van der Waals surface area contributed by atoms with Crippen molar-refractivity contribution in [3.63, 3.8) is 0 Å². The molecule has 68 valence electrons. The molecule has 0 unspecified atom stereocenters. The molecule has 0 aliphatic rings. The summed E-state index contributed by atoms with van der Waals surface area (Å²) in [5, 5.41) is 18.0. The fraction of sp³-hybridized carbons (Fsp3) is 0.500. The van der Waals surface area contributed by atoms with Crippen LogP contribution in [0, 0.1) is 0 Å². The quantitative estimate of drug-likeness (QED) is 0.549. The SMILES string of the molecule is O=C(O)CN(CC=S)CC(=O)O. The van der Waals surface area contributed by atoms with Crippen molar-refractivity contribution in [2.45, 2.75) is 0 Å². The second kappa shape index (κ2) is 5.62. The van der Waals surface area contributed by atoms with E-state index in [0.717, 1.165) is 0 Å². The van der Waals surface area contributed by atoms with E-state index in [0.29, 0.717) is 0 Å². The third-order valence-electron chi connectivity index (χ3n) is 1.05. The molecule has 0 aromatic heterocycles. The maximum absolute atomic E-state index is 10.2. The molecule has 0 heterocycles. The summed E-state index contributed by atoms with van der Waals surface area (Å²) in [6.07, 6.45) is 0. The number of hydrogen-bond acceptors (Lipinski definition) is 4. The van der Waals surface area contributed by atoms with Crippen LogP contribution in [0.4, 0.5) is 0 Å². The van der Waals surface area contributed by atoms with Crippen molar-refractivity contribution < 1.29 is 19.8 Å². The fourth-order valence-electron chi connectivity index (χ4n) is 0.673. The van der Waals surface area contributed by atoms with Crippen LogP contribution in [-0.2, 0) is 9.59 Å². The second-order valence-corrected chi connectivity index (χ2v) is 2.46. The normalized spacial score (nSPS) is 9.75. The van der Waals surface area contributed by atoms with Gasteiger partial charge in [-0.05, 0) is 5.37 Å². The zero-order chi connectivity index (χ0) is 9.56. The van der Waals surface area contributed by atoms with Crippen LogP contribution in [0.25, 0.3) is 0 Å². The van der Waals surface area contributed by atoms with E-state index in [1.807, 2.05) is 0 Å². The van der Waals surface area contributed by atoms with Gasteiger partial charge in [-0.3, -0.25) is 14.5 Å². The van der Waals surface area contributed by atoms with E-state index < -0.39 is 11.9 Å². The predicted molar refractivity (Wildman–Crippen MR) is 45.4 cm³/mol. The first-order valence-electron chi connectivity index (χ1n) is 3.16. The molecule has 6 heteroatoms. The predicted octanol–water partition coefficient (Wildman–Crippen LogP) is -0.543. The van der Waals surface area contributed by atoms with Crippen molar-refractivity contribution in [3.05, 3.63) is 0 Å². The second-order valence-electron chi connectivity index (χ2n) is 2.12. The Bertz CT molecular complexity index is 178. The Labute approximate surface area is 74.6 Å². The Morgan fingerprint density at radius 1 is 1.25 bits per heavy atom. The highest BCUT2D eigenvalue weighted by molar-refractivity contribution is 7.79. The van der Waals surface area contributed by atoms with Crippen LogP contribution in [0.3, 0.4) is 0 Å². The van der Waals surface area contributed by atoms with E-state index in [-0.39, 0.29) is 19.6 Å². The van der Waals surface area contributed by atoms with Gasteiger partial charge in [-0.15, -0.1) is 0 Å². The molecule has 0 radical (unpaired) electrons. The van der Waals surface area contributed by atoms with Gasteiger partial charge in [0.2, 0.25) is 0 Å². The standard InChI is InChI=1S/C6H9NO4S/c8-5(9)3-7(1-2-12)4-6(10)11/h2H,1,3-4H2,(H,8,9)(H,10,11). The van der Waals surface area contributed by atoms with Crippen LogP contribution < -0.4 is 0 Å². The molecule has 0 saturated carbocycles. The molecule has 2 N–H and O–H groups in total. The molecule has 0 amide bonds. The first kappa shape index (κ1) is 11.0. The van der Waals surface area contributed by atoms with Gasteiger partial charge in [-0.2, -0.15) is 0 Å². The summed E-state index contributed by atoms with van der Waals surface area (Å²) in [5.74, 6) is -2.12. The van der Waals surface area contributed by atoms with Crippen molar-refractivity contribution in [2.24, 2.45) is 0 Å². The number of carboxylic acids is 2. The summed E-state index contributed by atoms with van der Waals surface area (Å²) < 4.78 is 0. The minimum Gasteiger partial charge on any atom is -0.480 e. The number of rotatable bonds is 6. The van der Waals surface area contributed by atoms with Gasteiger partial charge < -0.3 is 10.2 Å². The average Bonchev–Trinajstić information content (AvgIpc) is 1.84. The highest BCUT2D eigenvalue weighted by Crippen LogP contribution is 1.86. The summed E-state index contributed by atoms with van der Waals surface area (Å²) >= 11 is 4.48. The molecular formula is C6H9NO4S. The molecule has 0 aromatic carbocycles. The molecule has 12 heavy (non-hydrogen) atoms. The van der Waals surface area contributed by atoms with Gasteiger partial charge >= 0.3 is 11.9 Å². The van der Waals surface area contributed by atoms with Crippen molar-refractivity contribution in [2.75, 3.05) is 19.6 Å². The van der Waals surface area contributed by atoms with Crippen LogP contribution in [0.2, 0.25) is 0 Å². The Hall–Kier alpha value is -1.01. The van der Waals surface area contributed by atoms with Crippen molar-refractivity contribution in [1.29, 1.82) is 0 Å². The summed E-state index contributed by atoms with van der Waals surface area (Å²) in [4.78, 5) is 21.6. The third-order valence-corrected chi connectivity index (χ3v) is 1.20. The molecule has 0 aliphatic heterocycles. The van der Waals surface area contributed by atoms with Gasteiger partial charge in [0.05, 0.1) is 13.1 Å². The largest absolute Gasteiger partial charge is 0.480 e. The summed E-state index contributed by atoms with van der Waals surface area (Å²) in [5.41, 5.74) is 0. The molecule has 0 rings (SSSR count). The number of carbonyl (C=O) groups is 2. The molecule has 0 saturated heterocycles. The molecule has 0 atom stereocenters. The van der Waals surface area contributed by atoms with Crippen molar-refractivity contribution in [3.8, 4) is 0 Å². The minimum absolute atomic E-state index is 0.188. The number of aliphatic carboxylic acids is 2. The molecular weight excluding hydrogens is 182 g/mol. The number of nitrogens with zero attached hydrogens (tertiary/aromatic N) is 1. The van der Waals surface area contributed by atoms with Crippen LogP contribution in [0.5, 0.6) is 0 Å². The molecule has 0 bridgehead atoms. The van der Waals surface area contributed by atoms with E-state index in [1.165, 1.54) is 10.3 Å². The highest BCUT2D eigenvalue weighted by atomic mass is 32.1. The van der Waals surface area contributed by atoms with Crippen LogP contribution in [0.15, 0.2) is 0 Å². The van der Waals surface area contributed by atoms with E-state index >= 15 is 0 Å². The van der Waals surface area contributed by atoms with Gasteiger partial charge in [-0.1, -0.05) is 12.2 Å². The first-order valence-corrected chi connectivity index (χ1v) is 3.63. The van der Waals surface area contributed by atoms with E-state index in [1.54, 1.807) is 0 Å². The van der Waals surface area contributed by atoms with Crippen LogP contribution in [0.1, 0.15) is 0 Å². The smallest absolute Gasteiger partial charge is 0.317 e. The van der Waals surface area contributed by atoms with Crippen LogP contribution in [-0.4, -0.2) is 52.1 Å². The fourth-order valence-corrected chi connectivity index (χ4v) is 0.884. The Kier molecular flexibility index (Phi) is 5.14. The van der Waals surface area contributed by atoms with Gasteiger partial charge in [0.1, 0.15) is 0 Å². The molecule has 0 aliphatic carbocycles. The molecule has 0 fully saturated rings. The number of hydrogen-bond donors (Lipinski definition) is 2. The Morgan fingerprint density at radius 3 is 1.92 bits per heavy atom. The molecule has 0 spiro atoms. The average molecular weight is 191 g/mol. The zero-order valence-electron chi connectivity index (χ0n) is 6.27. The lowest BCUT2D eigenvalue weighted by Crippen LogP contribution is -2.35. The van der Waals surface area contributed by atoms with Gasteiger partial charge in [0.25, 0.3) is 0 Å². The van der Waals surface area contributed by atoms with Gasteiger partial charge in [-0.25, -0.2) is 0 Å². The van der Waals surface area contributed by atoms with Crippen molar-refractivity contribution in [1.82, 2.24) is 4.90 Å². The molecule has 0 aromatic rings. The maximum Gasteiger partial charge on any atom is 0.317 e. The first-order chi connectivity index (χ1) is 5.56. The van der Waals surface area contributed by atoms with Crippen LogP contribution >= 0.6 is 12.2 Å². The van der Waals surface area contributed by atoms with E-state index in [9.17, 15) is 9.59 Å². The summed E-state index contributed by atoms with van der Waals surface area (Å²) in [6.45, 7) is -0.424. The Morgan fingerprint density at radius 2 is 1.67 bits per heavy atom. The van der Waals surface area contributed by atoms with E-state index in [2.05, 4.69) is 12.2 Å². The van der Waals surface area contributed by atoms with Gasteiger partial charge in [0.15, 0.2) is 0 Å². The topological polar surface area (TPSA) is 77.8 Å². The third kappa shape index (κ3) is 5.75. The maximum atomic E-state index is 10.2. The minimum atomic E-state index is -1.06. The van der Waals surface area contributed by atoms with E-state index in [4.69, 9.17) is 10.2 Å². The lowest BCUT2D eigenvalue weighted by Gasteiger charge is -2.14. The number of carboxylic acid groups (broad SMARTS) is 2. The monoisotopic (exact) mass is 191 g/mol. The lowest BCUT2D eigenvalue weighted by molar-refractivity contribution is -0.141. The summed E-state index contributed by atoms with van der Waals surface area (Å²) in [7, 11) is 0. The number of thiocarbonyl (C=S) groups is 1. The molecule has 5 nitrogen and oxygen atoms in total.